The second kappa shape index (κ2) is 9.65. The molecule has 0 aliphatic rings. The Balaban J connectivity index is 1.71. The maximum absolute atomic E-state index is 11.9. The highest BCUT2D eigenvalue weighted by molar-refractivity contribution is 7.33. The van der Waals surface area contributed by atoms with E-state index in [9.17, 15) is 25.0 Å². The number of non-ortho nitro benzene ring substituents is 2. The molecule has 1 aromatic heterocycles. The molecule has 1 atom stereocenters. The maximum Gasteiger partial charge on any atom is 0.269 e. The van der Waals surface area contributed by atoms with Crippen LogP contribution in [0.3, 0.4) is 0 Å². The third-order valence-corrected chi connectivity index (χ3v) is 6.58. The highest BCUT2D eigenvalue weighted by Gasteiger charge is 2.16. The van der Waals surface area contributed by atoms with Gasteiger partial charge in [0.05, 0.1) is 15.1 Å². The van der Waals surface area contributed by atoms with Crippen LogP contribution in [0.4, 0.5) is 11.4 Å². The number of aryl methyl sites for hydroxylation is 3. The molecule has 9 heteroatoms. The number of carbonyl (C=O) groups is 1. The van der Waals surface area contributed by atoms with Crippen molar-refractivity contribution in [2.24, 2.45) is 0 Å². The molecule has 0 fully saturated rings. The lowest BCUT2D eigenvalue weighted by Gasteiger charge is -2.08. The quantitative estimate of drug-likeness (QED) is 0.247. The molecular weight excluding hydrogens is 427 g/mol. The summed E-state index contributed by atoms with van der Waals surface area (Å²) in [5.74, 6) is 2.03. The number of halogens is 1. The topological polar surface area (TPSA) is 103 Å². The van der Waals surface area contributed by atoms with Crippen molar-refractivity contribution in [2.75, 3.05) is 0 Å². The number of hydrogen-bond acceptors (Lipinski definition) is 5. The van der Waals surface area contributed by atoms with Crippen LogP contribution in [0.25, 0.3) is 0 Å². The van der Waals surface area contributed by atoms with Gasteiger partial charge < -0.3 is 0 Å². The van der Waals surface area contributed by atoms with E-state index in [-0.39, 0.29) is 19.6 Å². The van der Waals surface area contributed by atoms with Gasteiger partial charge in [0.25, 0.3) is 16.6 Å². The summed E-state index contributed by atoms with van der Waals surface area (Å²) >= 11 is 5.78. The van der Waals surface area contributed by atoms with Crippen LogP contribution in [-0.4, -0.2) is 15.1 Å². The van der Waals surface area contributed by atoms with Gasteiger partial charge in [-0.15, -0.1) is 8.19 Å². The minimum Gasteiger partial charge on any atom is -0.275 e. The number of benzene rings is 2. The molecule has 1 unspecified atom stereocenters. The normalized spacial score (nSPS) is 11.0. The van der Waals surface area contributed by atoms with Crippen molar-refractivity contribution < 1.29 is 14.6 Å². The van der Waals surface area contributed by atoms with Crippen molar-refractivity contribution >= 4 is 36.4 Å². The predicted octanol–water partition coefficient (Wildman–Crippen LogP) is 5.48. The lowest BCUT2D eigenvalue weighted by Crippen LogP contribution is -2.01. The number of nitro groups is 2. The van der Waals surface area contributed by atoms with Crippen molar-refractivity contribution in [3.8, 4) is 0 Å². The van der Waals surface area contributed by atoms with E-state index in [1.807, 2.05) is 5.80 Å². The fraction of sp³-hybridized carbons (Fsp3) is 0.190. The van der Waals surface area contributed by atoms with Gasteiger partial charge in [-0.2, -0.15) is 0 Å². The van der Waals surface area contributed by atoms with E-state index < -0.39 is 15.1 Å². The molecule has 2 aromatic carbocycles. The SMILES string of the molecule is O=C(Cl)c1[pH]cc(CCc2ccc([N+](=O)[O-])cc2)c1CCc1ccc([N+](=O)[O-])cc1. The van der Waals surface area contributed by atoms with Crippen molar-refractivity contribution in [1.29, 1.82) is 0 Å². The second-order valence-electron chi connectivity index (χ2n) is 6.79. The molecule has 30 heavy (non-hydrogen) atoms. The third-order valence-electron chi connectivity index (χ3n) is 4.92. The number of hydrogen-bond donors (Lipinski definition) is 0. The summed E-state index contributed by atoms with van der Waals surface area (Å²) in [6.45, 7) is 0. The van der Waals surface area contributed by atoms with E-state index in [0.29, 0.717) is 31.0 Å². The van der Waals surface area contributed by atoms with E-state index in [0.717, 1.165) is 22.3 Å². The van der Waals surface area contributed by atoms with Gasteiger partial charge in [-0.25, -0.2) is 0 Å². The molecule has 0 N–H and O–H groups in total. The van der Waals surface area contributed by atoms with E-state index in [2.05, 4.69) is 0 Å². The van der Waals surface area contributed by atoms with Gasteiger partial charge in [0.1, 0.15) is 0 Å². The monoisotopic (exact) mass is 444 g/mol. The Morgan fingerprint density at radius 1 is 0.800 bits per heavy atom. The second-order valence-corrected chi connectivity index (χ2v) is 8.21. The van der Waals surface area contributed by atoms with E-state index >= 15 is 0 Å². The molecule has 7 nitrogen and oxygen atoms in total. The summed E-state index contributed by atoms with van der Waals surface area (Å²) in [5.41, 5.74) is 4.02. The zero-order chi connectivity index (χ0) is 21.7. The number of nitrogens with zero attached hydrogens (tertiary/aromatic N) is 2. The van der Waals surface area contributed by atoms with E-state index in [4.69, 9.17) is 11.6 Å². The van der Waals surface area contributed by atoms with Gasteiger partial charge >= 0.3 is 0 Å². The van der Waals surface area contributed by atoms with Gasteiger partial charge in [0.15, 0.2) is 0 Å². The summed E-state index contributed by atoms with van der Waals surface area (Å²) in [5, 5.41) is 21.7. The zero-order valence-corrected chi connectivity index (χ0v) is 17.6. The van der Waals surface area contributed by atoms with Gasteiger partial charge in [-0.3, -0.25) is 25.0 Å². The lowest BCUT2D eigenvalue weighted by atomic mass is 9.97. The minimum absolute atomic E-state index is 0.0422. The van der Waals surface area contributed by atoms with Crippen LogP contribution in [0.15, 0.2) is 54.3 Å². The molecule has 0 amide bonds. The largest absolute Gasteiger partial charge is 0.275 e. The highest BCUT2D eigenvalue weighted by atomic mass is 35.5. The van der Waals surface area contributed by atoms with Crippen LogP contribution in [0, 0.1) is 20.2 Å². The standard InChI is InChI=1S/C21H18ClN2O5P/c22-21(25)20-19(12-6-15-4-10-18(11-5-15)24(28)29)16(13-30-20)7-1-14-2-8-17(9-3-14)23(26)27/h2-5,8-11,13,30H,1,6-7,12H2. The summed E-state index contributed by atoms with van der Waals surface area (Å²) in [6.07, 6.45) is 2.65. The molecule has 1 heterocycles. The molecule has 154 valence electrons. The first-order valence-electron chi connectivity index (χ1n) is 9.20. The molecule has 0 bridgehead atoms. The van der Waals surface area contributed by atoms with Crippen LogP contribution in [0.1, 0.15) is 32.3 Å². The van der Waals surface area contributed by atoms with Gasteiger partial charge in [-0.1, -0.05) is 24.3 Å². The Labute approximate surface area is 179 Å². The van der Waals surface area contributed by atoms with Crippen LogP contribution in [0.5, 0.6) is 0 Å². The summed E-state index contributed by atoms with van der Waals surface area (Å²) < 4.78 is 0. The van der Waals surface area contributed by atoms with Crippen LogP contribution in [-0.2, 0) is 25.7 Å². The van der Waals surface area contributed by atoms with Crippen molar-refractivity contribution in [1.82, 2.24) is 0 Å². The number of carbonyl (C=O) groups excluding carboxylic acids is 1. The van der Waals surface area contributed by atoms with Gasteiger partial charge in [-0.05, 0) is 65.3 Å². The highest BCUT2D eigenvalue weighted by Crippen LogP contribution is 2.31. The smallest absolute Gasteiger partial charge is 0.269 e. The molecule has 0 radical (unpaired) electrons. The summed E-state index contributed by atoms with van der Waals surface area (Å²) in [4.78, 5) is 32.5. The number of nitro benzene ring substituents is 2. The Bertz CT molecular complexity index is 1080. The lowest BCUT2D eigenvalue weighted by molar-refractivity contribution is -0.385. The van der Waals surface area contributed by atoms with Crippen LogP contribution < -0.4 is 0 Å². The molecule has 0 saturated heterocycles. The fourth-order valence-corrected chi connectivity index (χ4v) is 4.78. The van der Waals surface area contributed by atoms with E-state index in [1.165, 1.54) is 24.3 Å². The maximum atomic E-state index is 11.9. The molecule has 0 spiro atoms. The molecule has 0 aliphatic heterocycles. The average Bonchev–Trinajstić information content (AvgIpc) is 3.14. The average molecular weight is 445 g/mol. The molecule has 3 aromatic rings. The minimum atomic E-state index is -0.450. The number of rotatable bonds is 9. The van der Waals surface area contributed by atoms with Gasteiger partial charge in [0, 0.05) is 24.3 Å². The van der Waals surface area contributed by atoms with E-state index in [1.54, 1.807) is 24.3 Å². The fourth-order valence-electron chi connectivity index (χ4n) is 3.30. The summed E-state index contributed by atoms with van der Waals surface area (Å²) in [7, 11) is 0.222. The summed E-state index contributed by atoms with van der Waals surface area (Å²) in [6, 6.07) is 12.8. The van der Waals surface area contributed by atoms with Gasteiger partial charge in [0.2, 0.25) is 0 Å². The Morgan fingerprint density at radius 3 is 1.70 bits per heavy atom. The third kappa shape index (κ3) is 5.32. The molecule has 0 aliphatic carbocycles. The molecular formula is C21H18ClN2O5P. The first kappa shape index (κ1) is 21.7. The zero-order valence-electron chi connectivity index (χ0n) is 15.8. The first-order valence-corrected chi connectivity index (χ1v) is 10.7. The Hall–Kier alpha value is -3.02. The Morgan fingerprint density at radius 2 is 1.27 bits per heavy atom. The molecule has 0 saturated carbocycles. The Kier molecular flexibility index (Phi) is 6.98. The predicted molar refractivity (Wildman–Crippen MR) is 117 cm³/mol. The van der Waals surface area contributed by atoms with Crippen molar-refractivity contribution in [2.45, 2.75) is 25.7 Å². The first-order chi connectivity index (χ1) is 14.3. The van der Waals surface area contributed by atoms with Crippen molar-refractivity contribution in [3.05, 3.63) is 102 Å². The van der Waals surface area contributed by atoms with Crippen molar-refractivity contribution in [3.63, 3.8) is 0 Å². The molecule has 3 rings (SSSR count). The van der Waals surface area contributed by atoms with Crippen LogP contribution >= 0.6 is 19.8 Å². The van der Waals surface area contributed by atoms with Crippen LogP contribution in [0.2, 0.25) is 0 Å².